The summed E-state index contributed by atoms with van der Waals surface area (Å²) in [6, 6.07) is 16.8. The van der Waals surface area contributed by atoms with Gasteiger partial charge in [0.15, 0.2) is 15.0 Å². The van der Waals surface area contributed by atoms with Crippen LogP contribution in [0.1, 0.15) is 26.7 Å². The maximum absolute atomic E-state index is 12.7. The Labute approximate surface area is 187 Å². The first kappa shape index (κ1) is 21.9. The predicted octanol–water partition coefficient (Wildman–Crippen LogP) is 4.52. The quantitative estimate of drug-likeness (QED) is 0.634. The SMILES string of the molecule is CCC(CC)C(=O)N=C1SC2CS(=O)(=O)CC2N1c1ccc(Oc2ccccc2)cc1. The standard InChI is InChI=1S/C23H26N2O4S2/c1-3-16(4-2)22(26)24-23-25(20-14-31(27,28)15-21(20)30-23)17-10-12-19(13-11-17)29-18-8-6-5-7-9-18/h5-13,16,20-21H,3-4,14-15H2,1-2H3. The van der Waals surface area contributed by atoms with Crippen LogP contribution >= 0.6 is 11.8 Å². The Morgan fingerprint density at radius 1 is 1.06 bits per heavy atom. The number of carbonyl (C=O) groups excluding carboxylic acids is 1. The normalized spacial score (nSPS) is 23.3. The minimum Gasteiger partial charge on any atom is -0.457 e. The summed E-state index contributed by atoms with van der Waals surface area (Å²) in [7, 11) is -3.10. The van der Waals surface area contributed by atoms with Gasteiger partial charge in [-0.2, -0.15) is 4.99 Å². The topological polar surface area (TPSA) is 76.0 Å². The summed E-state index contributed by atoms with van der Waals surface area (Å²) in [5.41, 5.74) is 0.814. The van der Waals surface area contributed by atoms with E-state index in [-0.39, 0.29) is 34.6 Å². The number of fused-ring (bicyclic) bond motifs is 1. The Kier molecular flexibility index (Phi) is 6.39. The molecule has 2 saturated heterocycles. The van der Waals surface area contributed by atoms with E-state index in [9.17, 15) is 13.2 Å². The van der Waals surface area contributed by atoms with Crippen LogP contribution in [0.5, 0.6) is 11.5 Å². The molecule has 1 amide bonds. The third-order valence-corrected chi connectivity index (χ3v) is 8.91. The second kappa shape index (κ2) is 9.04. The number of thioether (sulfide) groups is 1. The number of amides is 1. The molecule has 2 aromatic rings. The lowest BCUT2D eigenvalue weighted by molar-refractivity contribution is -0.121. The maximum atomic E-state index is 12.7. The van der Waals surface area contributed by atoms with E-state index in [2.05, 4.69) is 4.99 Å². The number of sulfone groups is 1. The highest BCUT2D eigenvalue weighted by molar-refractivity contribution is 8.16. The number of hydrogen-bond acceptors (Lipinski definition) is 5. The summed E-state index contributed by atoms with van der Waals surface area (Å²) in [5, 5.41) is 0.483. The number of hydrogen-bond donors (Lipinski definition) is 0. The number of nitrogens with zero attached hydrogens (tertiary/aromatic N) is 2. The first-order valence-corrected chi connectivity index (χ1v) is 13.2. The van der Waals surface area contributed by atoms with Gasteiger partial charge in [0.1, 0.15) is 11.5 Å². The van der Waals surface area contributed by atoms with Gasteiger partial charge >= 0.3 is 0 Å². The van der Waals surface area contributed by atoms with Crippen molar-refractivity contribution in [1.82, 2.24) is 0 Å². The third-order valence-electron chi connectivity index (χ3n) is 5.70. The second-order valence-corrected chi connectivity index (χ2v) is 11.2. The molecule has 0 aromatic heterocycles. The number of rotatable bonds is 6. The fourth-order valence-corrected chi connectivity index (χ4v) is 7.91. The molecule has 31 heavy (non-hydrogen) atoms. The molecule has 2 heterocycles. The van der Waals surface area contributed by atoms with Crippen LogP contribution in [0.15, 0.2) is 59.6 Å². The lowest BCUT2D eigenvalue weighted by atomic mass is 10.0. The van der Waals surface area contributed by atoms with Gasteiger partial charge in [-0.3, -0.25) is 4.79 Å². The Hall–Kier alpha value is -2.32. The highest BCUT2D eigenvalue weighted by Gasteiger charge is 2.49. The smallest absolute Gasteiger partial charge is 0.251 e. The molecule has 2 fully saturated rings. The number of aliphatic imine (C=N–C) groups is 1. The van der Waals surface area contributed by atoms with E-state index in [4.69, 9.17) is 4.74 Å². The largest absolute Gasteiger partial charge is 0.457 e. The van der Waals surface area contributed by atoms with Crippen molar-refractivity contribution in [3.05, 3.63) is 54.6 Å². The van der Waals surface area contributed by atoms with E-state index in [1.54, 1.807) is 0 Å². The average Bonchev–Trinajstić information content (AvgIpc) is 3.21. The van der Waals surface area contributed by atoms with Crippen molar-refractivity contribution in [1.29, 1.82) is 0 Å². The Morgan fingerprint density at radius 2 is 1.71 bits per heavy atom. The molecule has 164 valence electrons. The van der Waals surface area contributed by atoms with Gasteiger partial charge in [0.05, 0.1) is 17.5 Å². The van der Waals surface area contributed by atoms with Gasteiger partial charge in [0.2, 0.25) is 0 Å². The summed E-state index contributed by atoms with van der Waals surface area (Å²) in [6.07, 6.45) is 1.48. The van der Waals surface area contributed by atoms with Crippen molar-refractivity contribution in [2.45, 2.75) is 38.0 Å². The van der Waals surface area contributed by atoms with Crippen LogP contribution in [-0.4, -0.2) is 42.3 Å². The Bertz CT molecular complexity index is 1060. The molecule has 2 aliphatic heterocycles. The molecule has 0 radical (unpaired) electrons. The highest BCUT2D eigenvalue weighted by atomic mass is 32.2. The van der Waals surface area contributed by atoms with E-state index >= 15 is 0 Å². The van der Waals surface area contributed by atoms with Crippen molar-refractivity contribution in [3.8, 4) is 11.5 Å². The lowest BCUT2D eigenvalue weighted by Crippen LogP contribution is -2.37. The number of carbonyl (C=O) groups is 1. The van der Waals surface area contributed by atoms with Gasteiger partial charge in [-0.1, -0.05) is 43.8 Å². The van der Waals surface area contributed by atoms with Gasteiger partial charge in [0, 0.05) is 16.9 Å². The zero-order valence-corrected chi connectivity index (χ0v) is 19.2. The number of benzene rings is 2. The molecule has 2 unspecified atom stereocenters. The van der Waals surface area contributed by atoms with Gasteiger partial charge in [-0.25, -0.2) is 8.42 Å². The summed E-state index contributed by atoms with van der Waals surface area (Å²) < 4.78 is 30.3. The summed E-state index contributed by atoms with van der Waals surface area (Å²) in [5.74, 6) is 1.37. The fourth-order valence-electron chi connectivity index (χ4n) is 3.99. The Balaban J connectivity index is 1.62. The fraction of sp³-hybridized carbons (Fsp3) is 0.391. The van der Waals surface area contributed by atoms with Gasteiger partial charge < -0.3 is 9.64 Å². The minimum absolute atomic E-state index is 0.0745. The van der Waals surface area contributed by atoms with E-state index in [0.29, 0.717) is 10.9 Å². The zero-order chi connectivity index (χ0) is 22.0. The van der Waals surface area contributed by atoms with Crippen LogP contribution in [-0.2, 0) is 14.6 Å². The van der Waals surface area contributed by atoms with E-state index in [1.165, 1.54) is 11.8 Å². The molecule has 2 atom stereocenters. The van der Waals surface area contributed by atoms with Gasteiger partial charge in [0.25, 0.3) is 5.91 Å². The third kappa shape index (κ3) is 4.80. The average molecular weight is 459 g/mol. The maximum Gasteiger partial charge on any atom is 0.251 e. The molecule has 0 saturated carbocycles. The van der Waals surface area contributed by atoms with Crippen molar-refractivity contribution in [3.63, 3.8) is 0 Å². The van der Waals surface area contributed by atoms with E-state index in [1.807, 2.05) is 73.3 Å². The predicted molar refractivity (Wildman–Crippen MR) is 126 cm³/mol. The lowest BCUT2D eigenvalue weighted by Gasteiger charge is -2.25. The summed E-state index contributed by atoms with van der Waals surface area (Å²) in [6.45, 7) is 3.97. The van der Waals surface area contributed by atoms with Crippen LogP contribution in [0.2, 0.25) is 0 Å². The summed E-state index contributed by atoms with van der Waals surface area (Å²) >= 11 is 1.40. The van der Waals surface area contributed by atoms with Crippen LogP contribution in [0, 0.1) is 5.92 Å². The number of amidine groups is 1. The molecule has 0 spiro atoms. The molecular weight excluding hydrogens is 432 g/mol. The van der Waals surface area contributed by atoms with Crippen LogP contribution < -0.4 is 9.64 Å². The molecule has 6 nitrogen and oxygen atoms in total. The van der Waals surface area contributed by atoms with Crippen LogP contribution in [0.3, 0.4) is 0 Å². The van der Waals surface area contributed by atoms with Gasteiger partial charge in [-0.15, -0.1) is 0 Å². The molecule has 4 rings (SSSR count). The zero-order valence-electron chi connectivity index (χ0n) is 17.6. The molecular formula is C23H26N2O4S2. The number of ether oxygens (including phenoxy) is 1. The van der Waals surface area contributed by atoms with Crippen molar-refractivity contribution >= 4 is 38.4 Å². The number of anilines is 1. The number of para-hydroxylation sites is 1. The molecule has 8 heteroatoms. The molecule has 0 aliphatic carbocycles. The minimum atomic E-state index is -3.10. The van der Waals surface area contributed by atoms with Crippen LogP contribution in [0.4, 0.5) is 5.69 Å². The first-order valence-electron chi connectivity index (χ1n) is 10.5. The van der Waals surface area contributed by atoms with Crippen molar-refractivity contribution in [2.24, 2.45) is 10.9 Å². The van der Waals surface area contributed by atoms with E-state index in [0.717, 1.165) is 24.3 Å². The summed E-state index contributed by atoms with van der Waals surface area (Å²) in [4.78, 5) is 19.0. The van der Waals surface area contributed by atoms with Gasteiger partial charge in [-0.05, 0) is 49.2 Å². The molecule has 2 aromatic carbocycles. The van der Waals surface area contributed by atoms with Crippen molar-refractivity contribution < 1.29 is 17.9 Å². The Morgan fingerprint density at radius 3 is 2.35 bits per heavy atom. The molecule has 2 aliphatic rings. The first-order chi connectivity index (χ1) is 14.9. The van der Waals surface area contributed by atoms with E-state index < -0.39 is 9.84 Å². The molecule has 0 N–H and O–H groups in total. The monoisotopic (exact) mass is 458 g/mol. The second-order valence-electron chi connectivity index (χ2n) is 7.83. The van der Waals surface area contributed by atoms with Crippen molar-refractivity contribution in [2.75, 3.05) is 16.4 Å². The molecule has 0 bridgehead atoms. The van der Waals surface area contributed by atoms with Crippen LogP contribution in [0.25, 0.3) is 0 Å². The highest BCUT2D eigenvalue weighted by Crippen LogP contribution is 2.41.